The van der Waals surface area contributed by atoms with Crippen LogP contribution in [0.15, 0.2) is 75.1 Å². The second kappa shape index (κ2) is 10.8. The van der Waals surface area contributed by atoms with Crippen LogP contribution in [0.1, 0.15) is 38.8 Å². The number of rotatable bonds is 5. The van der Waals surface area contributed by atoms with E-state index in [-0.39, 0.29) is 17.0 Å². The normalized spacial score (nSPS) is 19.3. The highest BCUT2D eigenvalue weighted by Crippen LogP contribution is 2.33. The van der Waals surface area contributed by atoms with Gasteiger partial charge in [-0.05, 0) is 57.0 Å². The molecule has 1 atom stereocenters. The van der Waals surface area contributed by atoms with Gasteiger partial charge in [0.05, 0.1) is 35.9 Å². The van der Waals surface area contributed by atoms with Crippen LogP contribution in [0.25, 0.3) is 0 Å². The van der Waals surface area contributed by atoms with E-state index in [1.165, 1.54) is 18.4 Å². The molecule has 0 spiro atoms. The van der Waals surface area contributed by atoms with Crippen LogP contribution in [0, 0.1) is 0 Å². The monoisotopic (exact) mass is 580 g/mol. The molecule has 0 aliphatic carbocycles. The molecule has 0 saturated heterocycles. The molecule has 1 aromatic heterocycles. The van der Waals surface area contributed by atoms with Gasteiger partial charge in [-0.15, -0.1) is 0 Å². The maximum atomic E-state index is 12.8. The van der Waals surface area contributed by atoms with Crippen molar-refractivity contribution in [3.8, 4) is 0 Å². The molecule has 218 valence electrons. The summed E-state index contributed by atoms with van der Waals surface area (Å²) in [5.41, 5.74) is 2.72. The van der Waals surface area contributed by atoms with Gasteiger partial charge in [-0.25, -0.2) is 22.5 Å². The fourth-order valence-electron chi connectivity index (χ4n) is 4.76. The Morgan fingerprint density at radius 3 is 2.54 bits per heavy atom. The second-order valence-corrected chi connectivity index (χ2v) is 13.5. The summed E-state index contributed by atoms with van der Waals surface area (Å²) < 4.78 is 33.6. The van der Waals surface area contributed by atoms with Gasteiger partial charge in [-0.2, -0.15) is 5.10 Å². The number of ether oxygens (including phenoxy) is 1. The minimum Gasteiger partial charge on any atom is -0.444 e. The number of carbonyl (C=O) groups excluding carboxylic acids is 1. The highest BCUT2D eigenvalue weighted by molar-refractivity contribution is 7.89. The van der Waals surface area contributed by atoms with Gasteiger partial charge >= 0.3 is 6.09 Å². The Bertz CT molecular complexity index is 1560. The summed E-state index contributed by atoms with van der Waals surface area (Å²) >= 11 is 0. The van der Waals surface area contributed by atoms with Gasteiger partial charge in [0, 0.05) is 51.3 Å². The van der Waals surface area contributed by atoms with Gasteiger partial charge in [0.15, 0.2) is 11.7 Å². The highest BCUT2D eigenvalue weighted by atomic mass is 32.2. The van der Waals surface area contributed by atoms with Crippen LogP contribution in [0.3, 0.4) is 0 Å². The molecule has 0 bridgehead atoms. The average Bonchev–Trinajstić information content (AvgIpc) is 3.54. The molecule has 1 amide bonds. The van der Waals surface area contributed by atoms with Gasteiger partial charge < -0.3 is 19.9 Å². The third kappa shape index (κ3) is 6.05. The number of anilines is 1. The van der Waals surface area contributed by atoms with Crippen molar-refractivity contribution in [2.75, 3.05) is 39.0 Å². The molecule has 0 fully saturated rings. The van der Waals surface area contributed by atoms with Crippen molar-refractivity contribution in [3.63, 3.8) is 0 Å². The number of nitrogens with one attached hydrogen (secondary N) is 1. The van der Waals surface area contributed by atoms with E-state index in [4.69, 9.17) is 14.7 Å². The number of nitrogens with zero attached hydrogens (tertiary/aromatic N) is 7. The second-order valence-electron chi connectivity index (χ2n) is 11.4. The van der Waals surface area contributed by atoms with Crippen molar-refractivity contribution in [2.24, 2.45) is 17.0 Å². The number of hydrogen-bond donors (Lipinski definition) is 1. The lowest BCUT2D eigenvalue weighted by Crippen LogP contribution is -2.41. The first-order chi connectivity index (χ1) is 19.3. The quantitative estimate of drug-likeness (QED) is 0.575. The fourth-order valence-corrected chi connectivity index (χ4v) is 5.66. The van der Waals surface area contributed by atoms with E-state index < -0.39 is 15.6 Å². The third-order valence-corrected chi connectivity index (χ3v) is 8.67. The smallest absolute Gasteiger partial charge is 0.410 e. The topological polar surface area (TPSA) is 125 Å². The van der Waals surface area contributed by atoms with Crippen molar-refractivity contribution in [3.05, 3.63) is 65.8 Å². The number of hydrogen-bond acceptors (Lipinski definition) is 9. The van der Waals surface area contributed by atoms with Crippen LogP contribution in [0.5, 0.6) is 0 Å². The van der Waals surface area contributed by atoms with Gasteiger partial charge in [-0.1, -0.05) is 6.08 Å². The predicted octanol–water partition coefficient (Wildman–Crippen LogP) is 3.36. The molecule has 5 rings (SSSR count). The Hall–Kier alpha value is -3.97. The molecule has 2 aromatic rings. The van der Waals surface area contributed by atoms with Crippen LogP contribution < -0.4 is 5.32 Å². The number of aryl methyl sites for hydroxylation is 1. The van der Waals surface area contributed by atoms with E-state index >= 15 is 0 Å². The van der Waals surface area contributed by atoms with Gasteiger partial charge in [-0.3, -0.25) is 9.67 Å². The van der Waals surface area contributed by atoms with Gasteiger partial charge in [0.1, 0.15) is 5.60 Å². The van der Waals surface area contributed by atoms with Crippen LogP contribution >= 0.6 is 0 Å². The lowest BCUT2D eigenvalue weighted by molar-refractivity contribution is 0.0263. The van der Waals surface area contributed by atoms with Crippen molar-refractivity contribution in [2.45, 2.75) is 43.7 Å². The molecule has 4 heterocycles. The molecule has 13 heteroatoms. The number of sulfonamides is 1. The Kier molecular flexibility index (Phi) is 7.51. The minimum absolute atomic E-state index is 0.0697. The zero-order valence-corrected chi connectivity index (χ0v) is 25.0. The van der Waals surface area contributed by atoms with E-state index in [0.29, 0.717) is 49.1 Å². The zero-order valence-electron chi connectivity index (χ0n) is 24.2. The van der Waals surface area contributed by atoms with E-state index in [0.717, 1.165) is 11.1 Å². The summed E-state index contributed by atoms with van der Waals surface area (Å²) in [6, 6.07) is 6.47. The molecule has 12 nitrogen and oxygen atoms in total. The highest BCUT2D eigenvalue weighted by Gasteiger charge is 2.36. The van der Waals surface area contributed by atoms with E-state index in [1.54, 1.807) is 33.8 Å². The molecule has 3 aliphatic heterocycles. The van der Waals surface area contributed by atoms with E-state index in [9.17, 15) is 13.2 Å². The van der Waals surface area contributed by atoms with Crippen molar-refractivity contribution in [1.82, 2.24) is 23.9 Å². The first-order valence-corrected chi connectivity index (χ1v) is 14.8. The lowest BCUT2D eigenvalue weighted by atomic mass is 10.1. The largest absolute Gasteiger partial charge is 0.444 e. The van der Waals surface area contributed by atoms with Crippen LogP contribution in [-0.4, -0.2) is 89.4 Å². The molecule has 3 aliphatic rings. The third-order valence-electron chi connectivity index (χ3n) is 6.84. The summed E-state index contributed by atoms with van der Waals surface area (Å²) in [4.78, 5) is 26.6. The standard InChI is InChI=1S/C28H36N8O4S/c1-28(2,3)40-27(37)35-13-7-8-19(17-35)23-18-36-24(20-14-30-34(6)16-20)15-29-26(36)25(32-23)31-21-9-11-22(12-10-21)41(38,39)33(4)5/h8-12,14,16,18,24H,7,13,15,17H2,1-6H3,(H,31,32). The van der Waals surface area contributed by atoms with Crippen molar-refractivity contribution < 1.29 is 17.9 Å². The minimum atomic E-state index is -3.55. The molecule has 1 N–H and O–H groups in total. The number of benzene rings is 1. The first kappa shape index (κ1) is 28.6. The predicted molar refractivity (Wildman–Crippen MR) is 157 cm³/mol. The first-order valence-electron chi connectivity index (χ1n) is 13.4. The maximum absolute atomic E-state index is 12.8. The molecule has 1 aromatic carbocycles. The lowest BCUT2D eigenvalue weighted by Gasteiger charge is -2.33. The summed E-state index contributed by atoms with van der Waals surface area (Å²) in [6.07, 6.45) is 8.22. The Morgan fingerprint density at radius 1 is 1.17 bits per heavy atom. The number of aromatic nitrogens is 2. The molecule has 1 unspecified atom stereocenters. The molecule has 0 radical (unpaired) electrons. The van der Waals surface area contributed by atoms with Crippen LogP contribution in [-0.2, 0) is 21.8 Å². The summed E-state index contributed by atoms with van der Waals surface area (Å²) in [7, 11) is 1.33. The maximum Gasteiger partial charge on any atom is 0.410 e. The van der Waals surface area contributed by atoms with E-state index in [2.05, 4.69) is 21.4 Å². The van der Waals surface area contributed by atoms with Gasteiger partial charge in [0.2, 0.25) is 10.0 Å². The van der Waals surface area contributed by atoms with Crippen molar-refractivity contribution in [1.29, 1.82) is 0 Å². The van der Waals surface area contributed by atoms with Crippen LogP contribution in [0.4, 0.5) is 10.5 Å². The number of amides is 1. The SMILES string of the molecule is CN(C)S(=O)(=O)c1ccc(NC2=NC(C3=CCCN(C(=O)OC(C)(C)C)C3)=CN3C2=NCC3c2cnn(C)c2)cc1. The molecular formula is C28H36N8O4S. The summed E-state index contributed by atoms with van der Waals surface area (Å²) in [5, 5.41) is 7.69. The Morgan fingerprint density at radius 2 is 1.90 bits per heavy atom. The number of carbonyl (C=O) groups is 1. The Balaban J connectivity index is 1.45. The van der Waals surface area contributed by atoms with Crippen LogP contribution in [0.2, 0.25) is 0 Å². The molecule has 0 saturated carbocycles. The van der Waals surface area contributed by atoms with Gasteiger partial charge in [0.25, 0.3) is 0 Å². The summed E-state index contributed by atoms with van der Waals surface area (Å²) in [6.45, 7) is 7.02. The number of amidine groups is 2. The zero-order chi connectivity index (χ0) is 29.5. The average molecular weight is 581 g/mol. The Labute approximate surface area is 240 Å². The number of aliphatic imine (C=N–C) groups is 2. The fraction of sp³-hybridized carbons (Fsp3) is 0.429. The van der Waals surface area contributed by atoms with Crippen molar-refractivity contribution >= 4 is 33.5 Å². The van der Waals surface area contributed by atoms with E-state index in [1.807, 2.05) is 46.4 Å². The molecular weight excluding hydrogens is 544 g/mol. The number of fused-ring (bicyclic) bond motifs is 1. The molecule has 41 heavy (non-hydrogen) atoms. The summed E-state index contributed by atoms with van der Waals surface area (Å²) in [5.74, 6) is 1.21.